The van der Waals surface area contributed by atoms with E-state index in [1.165, 1.54) is 34.8 Å². The highest BCUT2D eigenvalue weighted by Crippen LogP contribution is 2.34. The largest absolute Gasteiger partial charge is 0.365 e. The van der Waals surface area contributed by atoms with Gasteiger partial charge in [-0.25, -0.2) is 17.1 Å². The molecule has 0 unspecified atom stereocenters. The van der Waals surface area contributed by atoms with Gasteiger partial charge in [0.05, 0.1) is 28.4 Å². The summed E-state index contributed by atoms with van der Waals surface area (Å²) in [4.78, 5) is 13.0. The summed E-state index contributed by atoms with van der Waals surface area (Å²) in [6.45, 7) is 2.60. The van der Waals surface area contributed by atoms with Crippen molar-refractivity contribution in [2.45, 2.75) is 31.1 Å². The van der Waals surface area contributed by atoms with Crippen LogP contribution in [0.3, 0.4) is 0 Å². The highest BCUT2D eigenvalue weighted by atomic mass is 32.2. The summed E-state index contributed by atoms with van der Waals surface area (Å²) in [7, 11) is -3.28. The molecule has 34 heavy (non-hydrogen) atoms. The van der Waals surface area contributed by atoms with Crippen LogP contribution >= 0.6 is 0 Å². The van der Waals surface area contributed by atoms with Crippen molar-refractivity contribution >= 4 is 21.8 Å². The number of sulfonamides is 1. The van der Waals surface area contributed by atoms with Crippen molar-refractivity contribution in [2.75, 3.05) is 32.4 Å². The Morgan fingerprint density at radius 3 is 2.53 bits per heavy atom. The van der Waals surface area contributed by atoms with Gasteiger partial charge in [0.2, 0.25) is 10.0 Å². The molecule has 2 saturated heterocycles. The molecule has 2 aromatic carbocycles. The quantitative estimate of drug-likeness (QED) is 0.456. The van der Waals surface area contributed by atoms with Crippen molar-refractivity contribution in [3.63, 3.8) is 0 Å². The average molecular weight is 490 g/mol. The van der Waals surface area contributed by atoms with Crippen molar-refractivity contribution in [2.24, 2.45) is 0 Å². The number of nitrogens with zero attached hydrogens (tertiary/aromatic N) is 3. The van der Waals surface area contributed by atoms with E-state index in [0.29, 0.717) is 45.6 Å². The SMILES string of the molecule is CS(=O)(=O)N1CCC2(CC1)CN(Cc1ccccc1)C[C@@H](/C=C/c1c(F)cccc1[N+](=O)[O-])O2. The normalized spacial score (nSPS) is 21.8. The van der Waals surface area contributed by atoms with Crippen LogP contribution in [0, 0.1) is 15.9 Å². The Morgan fingerprint density at radius 2 is 1.88 bits per heavy atom. The molecule has 1 spiro atoms. The first kappa shape index (κ1) is 24.5. The van der Waals surface area contributed by atoms with E-state index in [1.807, 2.05) is 30.3 Å². The first-order valence-electron chi connectivity index (χ1n) is 11.2. The van der Waals surface area contributed by atoms with Gasteiger partial charge in [0.1, 0.15) is 5.82 Å². The Morgan fingerprint density at radius 1 is 1.18 bits per heavy atom. The lowest BCUT2D eigenvalue weighted by atomic mass is 9.89. The molecule has 182 valence electrons. The molecule has 2 fully saturated rings. The Hall–Kier alpha value is -2.66. The van der Waals surface area contributed by atoms with E-state index in [0.717, 1.165) is 5.56 Å². The summed E-state index contributed by atoms with van der Waals surface area (Å²) < 4.78 is 46.2. The lowest BCUT2D eigenvalue weighted by Crippen LogP contribution is -2.59. The number of nitro groups is 1. The topological polar surface area (TPSA) is 93.0 Å². The zero-order valence-electron chi connectivity index (χ0n) is 19.0. The first-order valence-corrected chi connectivity index (χ1v) is 13.0. The number of morpholine rings is 1. The molecule has 0 aliphatic carbocycles. The molecule has 2 aromatic rings. The minimum absolute atomic E-state index is 0.0859. The van der Waals surface area contributed by atoms with E-state index in [2.05, 4.69) is 4.90 Å². The molecule has 0 bridgehead atoms. The molecule has 2 aliphatic heterocycles. The molecule has 1 atom stereocenters. The fraction of sp³-hybridized carbons (Fsp3) is 0.417. The van der Waals surface area contributed by atoms with Crippen molar-refractivity contribution < 1.29 is 22.5 Å². The number of halogens is 1. The third kappa shape index (κ3) is 5.69. The summed E-state index contributed by atoms with van der Waals surface area (Å²) >= 11 is 0. The molecule has 0 amide bonds. The average Bonchev–Trinajstić information content (AvgIpc) is 2.78. The van der Waals surface area contributed by atoms with Crippen LogP contribution in [0.2, 0.25) is 0 Å². The number of hydrogen-bond acceptors (Lipinski definition) is 6. The van der Waals surface area contributed by atoms with E-state index in [1.54, 1.807) is 6.08 Å². The molecule has 0 N–H and O–H groups in total. The lowest BCUT2D eigenvalue weighted by Gasteiger charge is -2.49. The molecular weight excluding hydrogens is 461 g/mol. The molecular formula is C24H28FN3O5S. The van der Waals surface area contributed by atoms with Crippen molar-refractivity contribution in [3.8, 4) is 0 Å². The Kier molecular flexibility index (Phi) is 7.13. The van der Waals surface area contributed by atoms with E-state index < -0.39 is 32.5 Å². The predicted molar refractivity (Wildman–Crippen MR) is 127 cm³/mol. The minimum Gasteiger partial charge on any atom is -0.365 e. The highest BCUT2D eigenvalue weighted by Gasteiger charge is 2.43. The van der Waals surface area contributed by atoms with Gasteiger partial charge in [-0.3, -0.25) is 15.0 Å². The van der Waals surface area contributed by atoms with Gasteiger partial charge in [-0.2, -0.15) is 0 Å². The number of nitro benzene ring substituents is 1. The zero-order valence-corrected chi connectivity index (χ0v) is 19.8. The Labute approximate surface area is 198 Å². The number of benzene rings is 2. The summed E-state index contributed by atoms with van der Waals surface area (Å²) in [6, 6.07) is 13.8. The van der Waals surface area contributed by atoms with E-state index >= 15 is 0 Å². The maximum Gasteiger partial charge on any atom is 0.279 e. The summed E-state index contributed by atoms with van der Waals surface area (Å²) in [6.07, 6.45) is 4.95. The van der Waals surface area contributed by atoms with Gasteiger partial charge in [-0.05, 0) is 30.5 Å². The number of rotatable bonds is 6. The van der Waals surface area contributed by atoms with Gasteiger partial charge >= 0.3 is 0 Å². The monoisotopic (exact) mass is 489 g/mol. The summed E-state index contributed by atoms with van der Waals surface area (Å²) in [5.41, 5.74) is 0.201. The van der Waals surface area contributed by atoms with Gasteiger partial charge in [-0.15, -0.1) is 0 Å². The van der Waals surface area contributed by atoms with Crippen LogP contribution in [0.4, 0.5) is 10.1 Å². The van der Waals surface area contributed by atoms with Gasteiger partial charge in [0, 0.05) is 38.8 Å². The van der Waals surface area contributed by atoms with Gasteiger partial charge in [0.25, 0.3) is 5.69 Å². The van der Waals surface area contributed by atoms with Crippen LogP contribution in [0.1, 0.15) is 24.0 Å². The molecule has 4 rings (SSSR count). The molecule has 8 nitrogen and oxygen atoms in total. The molecule has 10 heteroatoms. The van der Waals surface area contributed by atoms with E-state index in [-0.39, 0.29) is 11.3 Å². The number of hydrogen-bond donors (Lipinski definition) is 0. The zero-order chi connectivity index (χ0) is 24.3. The van der Waals surface area contributed by atoms with Crippen LogP contribution in [0.15, 0.2) is 54.6 Å². The lowest BCUT2D eigenvalue weighted by molar-refractivity contribution is -0.385. The van der Waals surface area contributed by atoms with Crippen LogP contribution in [-0.4, -0.2) is 66.7 Å². The van der Waals surface area contributed by atoms with Gasteiger partial charge in [0.15, 0.2) is 0 Å². The van der Waals surface area contributed by atoms with Crippen LogP contribution in [-0.2, 0) is 21.3 Å². The standard InChI is InChI=1S/C24H28FN3O5S/c1-34(31,32)27-14-12-24(13-15-27)18-26(16-19-6-3-2-4-7-19)17-20(33-24)10-11-21-22(25)8-5-9-23(21)28(29)30/h2-11,20H,12-18H2,1H3/b11-10+/t20-/m1/s1. The predicted octanol–water partition coefficient (Wildman–Crippen LogP) is 3.44. The van der Waals surface area contributed by atoms with E-state index in [9.17, 15) is 22.9 Å². The Balaban J connectivity index is 1.58. The molecule has 0 saturated carbocycles. The molecule has 2 aliphatic rings. The number of piperidine rings is 1. The second kappa shape index (κ2) is 9.91. The molecule has 0 radical (unpaired) electrons. The first-order chi connectivity index (χ1) is 16.2. The smallest absolute Gasteiger partial charge is 0.279 e. The molecule has 2 heterocycles. The summed E-state index contributed by atoms with van der Waals surface area (Å²) in [5, 5.41) is 11.3. The van der Waals surface area contributed by atoms with Crippen LogP contribution in [0.25, 0.3) is 6.08 Å². The van der Waals surface area contributed by atoms with Crippen LogP contribution < -0.4 is 0 Å². The Bertz CT molecular complexity index is 1160. The van der Waals surface area contributed by atoms with Crippen molar-refractivity contribution in [1.29, 1.82) is 0 Å². The van der Waals surface area contributed by atoms with Crippen molar-refractivity contribution in [1.82, 2.24) is 9.21 Å². The molecule has 0 aromatic heterocycles. The van der Waals surface area contributed by atoms with E-state index in [4.69, 9.17) is 4.74 Å². The maximum atomic E-state index is 14.4. The van der Waals surface area contributed by atoms with Gasteiger partial charge in [-0.1, -0.05) is 42.5 Å². The fourth-order valence-electron chi connectivity index (χ4n) is 4.74. The fourth-order valence-corrected chi connectivity index (χ4v) is 5.58. The minimum atomic E-state index is -3.28. The van der Waals surface area contributed by atoms with Crippen molar-refractivity contribution in [3.05, 3.63) is 81.7 Å². The third-order valence-electron chi connectivity index (χ3n) is 6.41. The summed E-state index contributed by atoms with van der Waals surface area (Å²) in [5.74, 6) is -0.668. The third-order valence-corrected chi connectivity index (χ3v) is 7.71. The highest BCUT2D eigenvalue weighted by molar-refractivity contribution is 7.88. The van der Waals surface area contributed by atoms with Crippen LogP contribution in [0.5, 0.6) is 0 Å². The maximum absolute atomic E-state index is 14.4. The van der Waals surface area contributed by atoms with Gasteiger partial charge < -0.3 is 4.74 Å². The second-order valence-electron chi connectivity index (χ2n) is 8.95. The second-order valence-corrected chi connectivity index (χ2v) is 10.9. The number of ether oxygens (including phenoxy) is 1.